The first-order valence-electron chi connectivity index (χ1n) is 3.14. The number of aliphatic carboxylic acids is 2. The van der Waals surface area contributed by atoms with Gasteiger partial charge in [0.15, 0.2) is 0 Å². The standard InChI is InChI=1S/C6H10O5.Ca.2H/c7-4(3-6(10)11)1-2-5(8)9;;;/h4,7H,1-3H2,(H,8,9)(H,10,11);;;. The van der Waals surface area contributed by atoms with Crippen LogP contribution in [0.1, 0.15) is 19.3 Å². The summed E-state index contributed by atoms with van der Waals surface area (Å²) in [7, 11) is 0. The van der Waals surface area contributed by atoms with Gasteiger partial charge < -0.3 is 15.3 Å². The predicted octanol–water partition coefficient (Wildman–Crippen LogP) is -1.23. The average molecular weight is 204 g/mol. The van der Waals surface area contributed by atoms with Gasteiger partial charge in [0.25, 0.3) is 0 Å². The van der Waals surface area contributed by atoms with E-state index in [1.165, 1.54) is 0 Å². The number of hydrogen-bond donors (Lipinski definition) is 3. The van der Waals surface area contributed by atoms with E-state index in [1.807, 2.05) is 0 Å². The van der Waals surface area contributed by atoms with Gasteiger partial charge in [-0.05, 0) is 6.42 Å². The molecule has 5 nitrogen and oxygen atoms in total. The second-order valence-electron chi connectivity index (χ2n) is 2.18. The Kier molecular flexibility index (Phi) is 9.52. The molecular formula is C6H12CaO5. The quantitative estimate of drug-likeness (QED) is 0.487. The van der Waals surface area contributed by atoms with E-state index in [1.54, 1.807) is 0 Å². The van der Waals surface area contributed by atoms with E-state index in [0.29, 0.717) is 0 Å². The molecule has 0 aliphatic carbocycles. The van der Waals surface area contributed by atoms with Crippen LogP contribution in [0.25, 0.3) is 0 Å². The second-order valence-corrected chi connectivity index (χ2v) is 2.18. The zero-order chi connectivity index (χ0) is 8.85. The van der Waals surface area contributed by atoms with E-state index in [9.17, 15) is 9.59 Å². The van der Waals surface area contributed by atoms with Crippen molar-refractivity contribution in [3.63, 3.8) is 0 Å². The van der Waals surface area contributed by atoms with Crippen LogP contribution in [0.4, 0.5) is 0 Å². The Balaban J connectivity index is 0. The summed E-state index contributed by atoms with van der Waals surface area (Å²) >= 11 is 0. The number of carboxylic acids is 2. The Hall–Kier alpha value is 0.160. The number of rotatable bonds is 5. The third kappa shape index (κ3) is 10.2. The van der Waals surface area contributed by atoms with Gasteiger partial charge in [-0.3, -0.25) is 9.59 Å². The van der Waals surface area contributed by atoms with Crippen molar-refractivity contribution in [1.82, 2.24) is 0 Å². The van der Waals surface area contributed by atoms with Crippen molar-refractivity contribution in [3.8, 4) is 0 Å². The van der Waals surface area contributed by atoms with E-state index in [2.05, 4.69) is 0 Å². The van der Waals surface area contributed by atoms with Gasteiger partial charge in [-0.1, -0.05) is 0 Å². The first kappa shape index (κ1) is 14.7. The van der Waals surface area contributed by atoms with Crippen molar-refractivity contribution in [2.75, 3.05) is 0 Å². The predicted molar refractivity (Wildman–Crippen MR) is 43.7 cm³/mol. The SMILES string of the molecule is O=C(O)CCC(O)CC(=O)O.[CaH2]. The van der Waals surface area contributed by atoms with Crippen molar-refractivity contribution in [2.45, 2.75) is 25.4 Å². The summed E-state index contributed by atoms with van der Waals surface area (Å²) < 4.78 is 0. The van der Waals surface area contributed by atoms with Gasteiger partial charge in [-0.2, -0.15) is 0 Å². The minimum atomic E-state index is -1.12. The molecule has 0 aliphatic rings. The van der Waals surface area contributed by atoms with Gasteiger partial charge in [0.2, 0.25) is 0 Å². The van der Waals surface area contributed by atoms with Crippen LogP contribution >= 0.6 is 0 Å². The molecule has 0 heterocycles. The Morgan fingerprint density at radius 3 is 2.00 bits per heavy atom. The summed E-state index contributed by atoms with van der Waals surface area (Å²) in [5.41, 5.74) is 0. The Morgan fingerprint density at radius 1 is 1.17 bits per heavy atom. The van der Waals surface area contributed by atoms with E-state index in [0.717, 1.165) is 0 Å². The molecule has 1 unspecified atom stereocenters. The zero-order valence-corrected chi connectivity index (χ0v) is 5.86. The molecule has 0 bridgehead atoms. The van der Waals surface area contributed by atoms with Crippen LogP contribution in [-0.4, -0.2) is 71.1 Å². The number of aliphatic hydroxyl groups is 1. The number of carbonyl (C=O) groups is 2. The Morgan fingerprint density at radius 2 is 1.67 bits per heavy atom. The molecule has 0 amide bonds. The van der Waals surface area contributed by atoms with E-state index in [-0.39, 0.29) is 50.6 Å². The van der Waals surface area contributed by atoms with Gasteiger partial charge in [0, 0.05) is 6.42 Å². The monoisotopic (exact) mass is 204 g/mol. The third-order valence-electron chi connectivity index (χ3n) is 1.10. The van der Waals surface area contributed by atoms with Crippen LogP contribution in [-0.2, 0) is 9.59 Å². The minimum absolute atomic E-state index is 0. The van der Waals surface area contributed by atoms with E-state index in [4.69, 9.17) is 15.3 Å². The fourth-order valence-corrected chi connectivity index (χ4v) is 0.594. The fraction of sp³-hybridized carbons (Fsp3) is 0.667. The summed E-state index contributed by atoms with van der Waals surface area (Å²) in [5.74, 6) is -2.16. The molecule has 68 valence electrons. The van der Waals surface area contributed by atoms with Crippen molar-refractivity contribution in [2.24, 2.45) is 0 Å². The molecule has 0 spiro atoms. The van der Waals surface area contributed by atoms with Gasteiger partial charge in [-0.15, -0.1) is 0 Å². The van der Waals surface area contributed by atoms with E-state index >= 15 is 0 Å². The number of hydrogen-bond acceptors (Lipinski definition) is 3. The molecule has 0 aromatic rings. The molecule has 0 saturated carbocycles. The molecular weight excluding hydrogens is 192 g/mol. The van der Waals surface area contributed by atoms with Crippen LogP contribution < -0.4 is 0 Å². The molecule has 0 fully saturated rings. The van der Waals surface area contributed by atoms with Crippen molar-refractivity contribution in [3.05, 3.63) is 0 Å². The van der Waals surface area contributed by atoms with Crippen molar-refractivity contribution < 1.29 is 24.9 Å². The van der Waals surface area contributed by atoms with Crippen molar-refractivity contribution in [1.29, 1.82) is 0 Å². The molecule has 0 aromatic carbocycles. The van der Waals surface area contributed by atoms with E-state index < -0.39 is 24.5 Å². The summed E-state index contributed by atoms with van der Waals surface area (Å²) in [6.07, 6.45) is -1.66. The summed E-state index contributed by atoms with van der Waals surface area (Å²) in [6.45, 7) is 0. The first-order chi connectivity index (χ1) is 5.02. The molecule has 1 atom stereocenters. The van der Waals surface area contributed by atoms with Crippen LogP contribution in [0, 0.1) is 0 Å². The maximum absolute atomic E-state index is 9.95. The maximum atomic E-state index is 9.95. The Bertz CT molecular complexity index is 158. The number of aliphatic hydroxyl groups excluding tert-OH is 1. The molecule has 0 radical (unpaired) electrons. The molecule has 0 aromatic heterocycles. The van der Waals surface area contributed by atoms with Gasteiger partial charge in [-0.25, -0.2) is 0 Å². The summed E-state index contributed by atoms with van der Waals surface area (Å²) in [6, 6.07) is 0. The Labute approximate surface area is 99.4 Å². The molecule has 12 heavy (non-hydrogen) atoms. The average Bonchev–Trinajstić information content (AvgIpc) is 1.82. The molecule has 0 saturated heterocycles. The van der Waals surface area contributed by atoms with Crippen LogP contribution in [0.3, 0.4) is 0 Å². The van der Waals surface area contributed by atoms with Crippen LogP contribution in [0.2, 0.25) is 0 Å². The van der Waals surface area contributed by atoms with Crippen LogP contribution in [0.15, 0.2) is 0 Å². The van der Waals surface area contributed by atoms with Gasteiger partial charge >= 0.3 is 49.7 Å². The van der Waals surface area contributed by atoms with Crippen LogP contribution in [0.5, 0.6) is 0 Å². The molecule has 0 aliphatic heterocycles. The normalized spacial score (nSPS) is 11.4. The third-order valence-corrected chi connectivity index (χ3v) is 1.10. The zero-order valence-electron chi connectivity index (χ0n) is 5.86. The number of carboxylic acid groups (broad SMARTS) is 2. The fourth-order valence-electron chi connectivity index (χ4n) is 0.594. The first-order valence-corrected chi connectivity index (χ1v) is 3.14. The summed E-state index contributed by atoms with van der Waals surface area (Å²) in [4.78, 5) is 19.9. The molecule has 0 rings (SSSR count). The van der Waals surface area contributed by atoms with Gasteiger partial charge in [0.05, 0.1) is 12.5 Å². The molecule has 3 N–H and O–H groups in total. The van der Waals surface area contributed by atoms with Gasteiger partial charge in [0.1, 0.15) is 0 Å². The molecule has 6 heteroatoms. The topological polar surface area (TPSA) is 94.8 Å². The van der Waals surface area contributed by atoms with Crippen molar-refractivity contribution >= 4 is 49.7 Å². The second kappa shape index (κ2) is 7.79. The summed E-state index contributed by atoms with van der Waals surface area (Å²) in [5, 5.41) is 25.1.